The SMILES string of the molecule is CN(C)Cc1ccc2n(c1=O)C[C@H]1C[C@@H]2CN(C(=O)CNC(=O)c2ccccc2)C1. The number of nitrogens with one attached hydrogen (secondary N) is 1. The van der Waals surface area contributed by atoms with Crippen molar-refractivity contribution in [3.63, 3.8) is 0 Å². The lowest BCUT2D eigenvalue weighted by atomic mass is 9.83. The minimum Gasteiger partial charge on any atom is -0.343 e. The second kappa shape index (κ2) is 8.44. The van der Waals surface area contributed by atoms with Crippen molar-refractivity contribution in [1.82, 2.24) is 19.7 Å². The minimum atomic E-state index is -0.244. The first-order valence-corrected chi connectivity index (χ1v) is 10.4. The first kappa shape index (κ1) is 20.3. The second-order valence-corrected chi connectivity index (χ2v) is 8.58. The van der Waals surface area contributed by atoms with Gasteiger partial charge in [-0.25, -0.2) is 0 Å². The lowest BCUT2D eigenvalue weighted by molar-refractivity contribution is -0.132. The van der Waals surface area contributed by atoms with E-state index in [9.17, 15) is 14.4 Å². The third-order valence-corrected chi connectivity index (χ3v) is 5.96. The van der Waals surface area contributed by atoms with Crippen LogP contribution >= 0.6 is 0 Å². The summed E-state index contributed by atoms with van der Waals surface area (Å²) in [6, 6.07) is 12.9. The number of aromatic nitrogens is 1. The molecule has 0 unspecified atom stereocenters. The zero-order chi connectivity index (χ0) is 21.3. The molecule has 3 heterocycles. The molecule has 2 aliphatic rings. The summed E-state index contributed by atoms with van der Waals surface area (Å²) < 4.78 is 1.91. The Hall–Kier alpha value is -2.93. The fourth-order valence-electron chi connectivity index (χ4n) is 4.61. The number of fused-ring (bicyclic) bond motifs is 4. The van der Waals surface area contributed by atoms with E-state index in [1.54, 1.807) is 24.3 Å². The van der Waals surface area contributed by atoms with Gasteiger partial charge in [0.05, 0.1) is 6.54 Å². The highest BCUT2D eigenvalue weighted by molar-refractivity contribution is 5.96. The Bertz CT molecular complexity index is 999. The number of amides is 2. The van der Waals surface area contributed by atoms with E-state index in [-0.39, 0.29) is 35.8 Å². The maximum atomic E-state index is 12.9. The number of hydrogen-bond acceptors (Lipinski definition) is 4. The molecule has 1 aromatic carbocycles. The van der Waals surface area contributed by atoms with Crippen LogP contribution in [0.15, 0.2) is 47.3 Å². The number of carbonyl (C=O) groups is 2. The summed E-state index contributed by atoms with van der Waals surface area (Å²) in [5.41, 5.74) is 2.46. The molecule has 1 aromatic heterocycles. The van der Waals surface area contributed by atoms with Crippen molar-refractivity contribution in [1.29, 1.82) is 0 Å². The van der Waals surface area contributed by atoms with E-state index in [1.165, 1.54) is 0 Å². The van der Waals surface area contributed by atoms with Crippen molar-refractivity contribution >= 4 is 11.8 Å². The van der Waals surface area contributed by atoms with Gasteiger partial charge in [-0.3, -0.25) is 14.4 Å². The summed E-state index contributed by atoms with van der Waals surface area (Å²) >= 11 is 0. The lowest BCUT2D eigenvalue weighted by Crippen LogP contribution is -2.51. The molecule has 30 heavy (non-hydrogen) atoms. The molecular formula is C23H28N4O3. The fraction of sp³-hybridized carbons (Fsp3) is 0.435. The van der Waals surface area contributed by atoms with Crippen LogP contribution in [-0.4, -0.2) is 59.9 Å². The first-order chi connectivity index (χ1) is 14.4. The van der Waals surface area contributed by atoms with Gasteiger partial charge < -0.3 is 19.7 Å². The molecule has 1 fully saturated rings. The largest absolute Gasteiger partial charge is 0.343 e. The summed E-state index contributed by atoms with van der Waals surface area (Å²) in [5.74, 6) is 0.102. The van der Waals surface area contributed by atoms with Crippen LogP contribution in [0.4, 0.5) is 0 Å². The summed E-state index contributed by atoms with van der Waals surface area (Å²) in [5, 5.41) is 2.73. The molecule has 7 heteroatoms. The number of pyridine rings is 1. The monoisotopic (exact) mass is 408 g/mol. The van der Waals surface area contributed by atoms with Gasteiger partial charge >= 0.3 is 0 Å². The molecule has 1 N–H and O–H groups in total. The normalized spacial score (nSPS) is 20.0. The topological polar surface area (TPSA) is 74.7 Å². The fourth-order valence-corrected chi connectivity index (χ4v) is 4.61. The minimum absolute atomic E-state index is 0.0122. The number of piperidine rings is 1. The predicted octanol–water partition coefficient (Wildman–Crippen LogP) is 1.29. The van der Waals surface area contributed by atoms with Crippen LogP contribution in [-0.2, 0) is 17.9 Å². The van der Waals surface area contributed by atoms with E-state index in [0.717, 1.165) is 17.7 Å². The third kappa shape index (κ3) is 4.16. The van der Waals surface area contributed by atoms with Crippen LogP contribution in [0.2, 0.25) is 0 Å². The van der Waals surface area contributed by atoms with E-state index >= 15 is 0 Å². The van der Waals surface area contributed by atoms with E-state index in [4.69, 9.17) is 0 Å². The van der Waals surface area contributed by atoms with Gasteiger partial charge in [0.2, 0.25) is 5.91 Å². The van der Waals surface area contributed by atoms with Gasteiger partial charge in [-0.1, -0.05) is 24.3 Å². The van der Waals surface area contributed by atoms with E-state index < -0.39 is 0 Å². The molecule has 2 aromatic rings. The van der Waals surface area contributed by atoms with Crippen molar-refractivity contribution in [3.05, 3.63) is 69.6 Å². The Kier molecular flexibility index (Phi) is 5.72. The molecule has 0 saturated carbocycles. The van der Waals surface area contributed by atoms with Crippen LogP contribution in [0.5, 0.6) is 0 Å². The number of rotatable bonds is 5. The van der Waals surface area contributed by atoms with Gasteiger partial charge in [-0.2, -0.15) is 0 Å². The average molecular weight is 409 g/mol. The van der Waals surface area contributed by atoms with E-state index in [2.05, 4.69) is 5.32 Å². The van der Waals surface area contributed by atoms with Gasteiger partial charge in [-0.15, -0.1) is 0 Å². The highest BCUT2D eigenvalue weighted by Crippen LogP contribution is 2.35. The van der Waals surface area contributed by atoms with Gasteiger partial charge in [0.25, 0.3) is 11.5 Å². The molecular weight excluding hydrogens is 380 g/mol. The highest BCUT2D eigenvalue weighted by atomic mass is 16.2. The number of benzene rings is 1. The Morgan fingerprint density at radius 2 is 1.83 bits per heavy atom. The standard InChI is InChI=1S/C23H28N4O3/c1-25(2)14-18-8-9-20-19-10-16(13-27(20)23(18)30)12-26(15-19)21(28)11-24-22(29)17-6-4-3-5-7-17/h3-9,16,19H,10-15H2,1-2H3,(H,24,29)/t16-,19+/m0/s1. The summed E-state index contributed by atoms with van der Waals surface area (Å²) in [6.07, 6.45) is 0.993. The number of carbonyl (C=O) groups excluding carboxylic acids is 2. The molecule has 2 bridgehead atoms. The molecule has 0 radical (unpaired) electrons. The molecule has 0 spiro atoms. The number of likely N-dealkylation sites (tertiary alicyclic amines) is 1. The Labute approximate surface area is 176 Å². The summed E-state index contributed by atoms with van der Waals surface area (Å²) in [7, 11) is 3.91. The highest BCUT2D eigenvalue weighted by Gasteiger charge is 2.36. The zero-order valence-electron chi connectivity index (χ0n) is 17.5. The quantitative estimate of drug-likeness (QED) is 0.809. The Balaban J connectivity index is 1.43. The smallest absolute Gasteiger partial charge is 0.255 e. The van der Waals surface area contributed by atoms with Crippen LogP contribution in [0.25, 0.3) is 0 Å². The van der Waals surface area contributed by atoms with Gasteiger partial charge in [0.1, 0.15) is 0 Å². The molecule has 7 nitrogen and oxygen atoms in total. The molecule has 2 aliphatic heterocycles. The molecule has 0 aliphatic carbocycles. The maximum absolute atomic E-state index is 12.9. The Morgan fingerprint density at radius 1 is 1.07 bits per heavy atom. The van der Waals surface area contributed by atoms with Crippen molar-refractivity contribution < 1.29 is 9.59 Å². The van der Waals surface area contributed by atoms with Crippen molar-refractivity contribution in [2.24, 2.45) is 5.92 Å². The summed E-state index contributed by atoms with van der Waals surface area (Å²) in [6.45, 7) is 2.47. The average Bonchev–Trinajstić information content (AvgIpc) is 2.74. The molecule has 4 rings (SSSR count). The number of hydrogen-bond donors (Lipinski definition) is 1. The third-order valence-electron chi connectivity index (χ3n) is 5.96. The van der Waals surface area contributed by atoms with Crippen molar-refractivity contribution in [2.75, 3.05) is 33.7 Å². The molecule has 158 valence electrons. The predicted molar refractivity (Wildman–Crippen MR) is 114 cm³/mol. The summed E-state index contributed by atoms with van der Waals surface area (Å²) in [4.78, 5) is 41.7. The van der Waals surface area contributed by atoms with Crippen LogP contribution in [0.1, 0.15) is 34.0 Å². The molecule has 1 saturated heterocycles. The first-order valence-electron chi connectivity index (χ1n) is 10.4. The molecule has 2 amide bonds. The Morgan fingerprint density at radius 3 is 2.57 bits per heavy atom. The second-order valence-electron chi connectivity index (χ2n) is 8.58. The maximum Gasteiger partial charge on any atom is 0.255 e. The van der Waals surface area contributed by atoms with E-state index in [1.807, 2.05) is 46.7 Å². The zero-order valence-corrected chi connectivity index (χ0v) is 17.5. The van der Waals surface area contributed by atoms with Gasteiger partial charge in [-0.05, 0) is 44.6 Å². The van der Waals surface area contributed by atoms with Gasteiger partial charge in [0, 0.05) is 48.9 Å². The van der Waals surface area contributed by atoms with Crippen LogP contribution in [0.3, 0.4) is 0 Å². The lowest BCUT2D eigenvalue weighted by Gasteiger charge is -2.43. The van der Waals surface area contributed by atoms with Crippen molar-refractivity contribution in [3.8, 4) is 0 Å². The number of nitrogens with zero attached hydrogens (tertiary/aromatic N) is 3. The van der Waals surface area contributed by atoms with Crippen LogP contribution < -0.4 is 10.9 Å². The van der Waals surface area contributed by atoms with E-state index in [0.29, 0.717) is 31.7 Å². The van der Waals surface area contributed by atoms with Crippen LogP contribution in [0, 0.1) is 5.92 Å². The van der Waals surface area contributed by atoms with Crippen molar-refractivity contribution in [2.45, 2.75) is 25.4 Å². The molecule has 2 atom stereocenters. The van der Waals surface area contributed by atoms with Gasteiger partial charge in [0.15, 0.2) is 0 Å².